The lowest BCUT2D eigenvalue weighted by Gasteiger charge is -2.16. The highest BCUT2D eigenvalue weighted by Gasteiger charge is 2.17. The van der Waals surface area contributed by atoms with Crippen LogP contribution in [0.5, 0.6) is 0 Å². The molecule has 1 rings (SSSR count). The summed E-state index contributed by atoms with van der Waals surface area (Å²) in [6, 6.07) is 0.440. The molecule has 1 atom stereocenters. The molecule has 0 bridgehead atoms. The zero-order valence-corrected chi connectivity index (χ0v) is 15.1. The molecule has 2 N–H and O–H groups in total. The third-order valence-corrected chi connectivity index (χ3v) is 4.16. The topological polar surface area (TPSA) is 49.3 Å². The lowest BCUT2D eigenvalue weighted by molar-refractivity contribution is 0.570. The van der Waals surface area contributed by atoms with E-state index < -0.39 is 0 Å². The molecule has 0 amide bonds. The molecule has 0 aliphatic rings. The van der Waals surface area contributed by atoms with Crippen LogP contribution in [0.4, 0.5) is 0 Å². The smallest absolute Gasteiger partial charge is 0.191 e. The molecule has 0 aromatic carbocycles. The summed E-state index contributed by atoms with van der Waals surface area (Å²) in [5.41, 5.74) is 1.31. The minimum absolute atomic E-state index is 0.130. The zero-order valence-electron chi connectivity index (χ0n) is 14.3. The van der Waals surface area contributed by atoms with Crippen molar-refractivity contribution in [1.29, 1.82) is 0 Å². The van der Waals surface area contributed by atoms with Crippen molar-refractivity contribution < 1.29 is 0 Å². The van der Waals surface area contributed by atoms with Gasteiger partial charge in [0.25, 0.3) is 0 Å². The number of aromatic nitrogens is 1. The standard InChI is InChI=1S/C16H30N4S/c1-7-12(3)19-15(17-8-2)18-10-9-14-20-13(11-21-14)16(4,5)6/h11-12H,7-10H2,1-6H3,(H2,17,18,19). The molecule has 1 heterocycles. The van der Waals surface area contributed by atoms with E-state index in [2.05, 4.69) is 62.5 Å². The molecule has 0 saturated heterocycles. The van der Waals surface area contributed by atoms with E-state index in [4.69, 9.17) is 4.98 Å². The van der Waals surface area contributed by atoms with E-state index in [1.54, 1.807) is 11.3 Å². The van der Waals surface area contributed by atoms with Crippen molar-refractivity contribution in [3.63, 3.8) is 0 Å². The van der Waals surface area contributed by atoms with E-state index in [1.807, 2.05) is 0 Å². The van der Waals surface area contributed by atoms with Crippen LogP contribution in [-0.2, 0) is 11.8 Å². The van der Waals surface area contributed by atoms with E-state index in [-0.39, 0.29) is 5.41 Å². The van der Waals surface area contributed by atoms with Crippen LogP contribution in [0.3, 0.4) is 0 Å². The van der Waals surface area contributed by atoms with Gasteiger partial charge in [-0.2, -0.15) is 0 Å². The van der Waals surface area contributed by atoms with Crippen molar-refractivity contribution in [2.45, 2.75) is 65.8 Å². The summed E-state index contributed by atoms with van der Waals surface area (Å²) in [5.74, 6) is 0.902. The summed E-state index contributed by atoms with van der Waals surface area (Å²) in [4.78, 5) is 9.34. The highest BCUT2D eigenvalue weighted by molar-refractivity contribution is 7.09. The first-order chi connectivity index (χ1) is 9.86. The molecule has 21 heavy (non-hydrogen) atoms. The van der Waals surface area contributed by atoms with Crippen LogP contribution < -0.4 is 10.6 Å². The highest BCUT2D eigenvalue weighted by atomic mass is 32.1. The van der Waals surface area contributed by atoms with Crippen molar-refractivity contribution in [3.8, 4) is 0 Å². The summed E-state index contributed by atoms with van der Waals surface area (Å²) >= 11 is 1.74. The molecule has 0 aliphatic heterocycles. The summed E-state index contributed by atoms with van der Waals surface area (Å²) in [5, 5.41) is 10.0. The molecule has 0 spiro atoms. The Labute approximate surface area is 133 Å². The second-order valence-corrected chi connectivity index (χ2v) is 7.28. The number of rotatable bonds is 6. The first-order valence-electron chi connectivity index (χ1n) is 7.86. The average molecular weight is 311 g/mol. The number of nitrogens with zero attached hydrogens (tertiary/aromatic N) is 2. The predicted octanol–water partition coefficient (Wildman–Crippen LogP) is 3.34. The van der Waals surface area contributed by atoms with Crippen molar-refractivity contribution in [3.05, 3.63) is 16.1 Å². The summed E-state index contributed by atoms with van der Waals surface area (Å²) < 4.78 is 0. The molecule has 0 aliphatic carbocycles. The van der Waals surface area contributed by atoms with Crippen molar-refractivity contribution in [1.82, 2.24) is 15.6 Å². The van der Waals surface area contributed by atoms with Gasteiger partial charge in [0, 0.05) is 36.3 Å². The maximum atomic E-state index is 4.71. The second kappa shape index (κ2) is 8.37. The van der Waals surface area contributed by atoms with Crippen LogP contribution >= 0.6 is 11.3 Å². The fraction of sp³-hybridized carbons (Fsp3) is 0.750. The van der Waals surface area contributed by atoms with Gasteiger partial charge in [-0.15, -0.1) is 11.3 Å². The fourth-order valence-electron chi connectivity index (χ4n) is 1.69. The molecule has 0 fully saturated rings. The monoisotopic (exact) mass is 310 g/mol. The lowest BCUT2D eigenvalue weighted by Crippen LogP contribution is -2.42. The fourth-order valence-corrected chi connectivity index (χ4v) is 2.70. The molecular formula is C16H30N4S. The third kappa shape index (κ3) is 6.46. The van der Waals surface area contributed by atoms with Crippen molar-refractivity contribution in [2.75, 3.05) is 13.1 Å². The molecular weight excluding hydrogens is 280 g/mol. The summed E-state index contributed by atoms with van der Waals surface area (Å²) in [7, 11) is 0. The van der Waals surface area contributed by atoms with E-state index in [0.29, 0.717) is 6.04 Å². The maximum Gasteiger partial charge on any atom is 0.191 e. The predicted molar refractivity (Wildman–Crippen MR) is 93.4 cm³/mol. The van der Waals surface area contributed by atoms with Gasteiger partial charge >= 0.3 is 0 Å². The Hall–Kier alpha value is -1.10. The molecule has 1 unspecified atom stereocenters. The molecule has 4 nitrogen and oxygen atoms in total. The van der Waals surface area contributed by atoms with Gasteiger partial charge in [-0.3, -0.25) is 4.99 Å². The van der Waals surface area contributed by atoms with Gasteiger partial charge in [0.2, 0.25) is 0 Å². The van der Waals surface area contributed by atoms with Gasteiger partial charge in [-0.1, -0.05) is 27.7 Å². The highest BCUT2D eigenvalue weighted by Crippen LogP contribution is 2.23. The minimum atomic E-state index is 0.130. The number of thiazole rings is 1. The van der Waals surface area contributed by atoms with Gasteiger partial charge in [-0.25, -0.2) is 4.98 Å². The van der Waals surface area contributed by atoms with Crippen LogP contribution in [0.25, 0.3) is 0 Å². The van der Waals surface area contributed by atoms with Crippen LogP contribution in [-0.4, -0.2) is 30.1 Å². The zero-order chi connectivity index (χ0) is 15.9. The van der Waals surface area contributed by atoms with E-state index >= 15 is 0 Å². The quantitative estimate of drug-likeness (QED) is 0.626. The van der Waals surface area contributed by atoms with Crippen LogP contribution in [0, 0.1) is 0 Å². The molecule has 0 saturated carbocycles. The van der Waals surface area contributed by atoms with Crippen molar-refractivity contribution in [2.24, 2.45) is 4.99 Å². The summed E-state index contributed by atoms with van der Waals surface area (Å²) in [6.45, 7) is 14.7. The second-order valence-electron chi connectivity index (χ2n) is 6.34. The minimum Gasteiger partial charge on any atom is -0.357 e. The Morgan fingerprint density at radius 2 is 2.10 bits per heavy atom. The third-order valence-electron chi connectivity index (χ3n) is 3.26. The first-order valence-corrected chi connectivity index (χ1v) is 8.74. The van der Waals surface area contributed by atoms with Crippen molar-refractivity contribution >= 4 is 17.3 Å². The lowest BCUT2D eigenvalue weighted by atomic mass is 9.93. The van der Waals surface area contributed by atoms with Crippen LogP contribution in [0.15, 0.2) is 10.4 Å². The average Bonchev–Trinajstić information content (AvgIpc) is 2.87. The van der Waals surface area contributed by atoms with Gasteiger partial charge in [0.15, 0.2) is 5.96 Å². The SMILES string of the molecule is CCNC(=NCCc1nc(C(C)(C)C)cs1)NC(C)CC. The number of guanidine groups is 1. The van der Waals surface area contributed by atoms with Gasteiger partial charge in [0.05, 0.1) is 10.7 Å². The number of hydrogen-bond acceptors (Lipinski definition) is 3. The Morgan fingerprint density at radius 3 is 2.62 bits per heavy atom. The molecule has 1 aromatic rings. The van der Waals surface area contributed by atoms with Gasteiger partial charge < -0.3 is 10.6 Å². The van der Waals surface area contributed by atoms with E-state index in [9.17, 15) is 0 Å². The molecule has 120 valence electrons. The Balaban J connectivity index is 2.55. The maximum absolute atomic E-state index is 4.71. The molecule has 1 aromatic heterocycles. The Kier molecular flexibility index (Phi) is 7.15. The van der Waals surface area contributed by atoms with Gasteiger partial charge in [0.1, 0.15) is 0 Å². The number of hydrogen-bond donors (Lipinski definition) is 2. The largest absolute Gasteiger partial charge is 0.357 e. The molecule has 5 heteroatoms. The first kappa shape index (κ1) is 18.0. The Bertz CT molecular complexity index is 445. The van der Waals surface area contributed by atoms with E-state index in [0.717, 1.165) is 31.9 Å². The molecule has 0 radical (unpaired) electrons. The van der Waals surface area contributed by atoms with Crippen LogP contribution in [0.1, 0.15) is 58.7 Å². The normalized spacial score (nSPS) is 14.1. The van der Waals surface area contributed by atoms with E-state index in [1.165, 1.54) is 10.7 Å². The Morgan fingerprint density at radius 1 is 1.38 bits per heavy atom. The van der Waals surface area contributed by atoms with Crippen LogP contribution in [0.2, 0.25) is 0 Å². The number of aliphatic imine (C=N–C) groups is 1. The number of nitrogens with one attached hydrogen (secondary N) is 2. The summed E-state index contributed by atoms with van der Waals surface area (Å²) in [6.07, 6.45) is 1.99. The van der Waals surface area contributed by atoms with Gasteiger partial charge in [-0.05, 0) is 20.3 Å².